The summed E-state index contributed by atoms with van der Waals surface area (Å²) in [6.45, 7) is 4.00. The Morgan fingerprint density at radius 2 is 2.22 bits per heavy atom. The number of hydrogen-bond acceptors (Lipinski definition) is 3. The van der Waals surface area contributed by atoms with Crippen molar-refractivity contribution in [1.82, 2.24) is 9.66 Å². The molecule has 0 atom stereocenters. The molecule has 5 heteroatoms. The third kappa shape index (κ3) is 2.73. The number of amides is 1. The molecule has 2 rings (SSSR count). The van der Waals surface area contributed by atoms with Crippen molar-refractivity contribution < 1.29 is 4.79 Å². The van der Waals surface area contributed by atoms with Crippen molar-refractivity contribution in [3.63, 3.8) is 0 Å². The maximum Gasteiger partial charge on any atom is 0.239 e. The number of nitrogens with zero attached hydrogens (tertiary/aromatic N) is 2. The van der Waals surface area contributed by atoms with Crippen LogP contribution in [0.4, 0.5) is 0 Å². The zero-order chi connectivity index (χ0) is 13.1. The number of hydrogen-bond donors (Lipinski definition) is 1. The van der Waals surface area contributed by atoms with Gasteiger partial charge in [-0.15, -0.1) is 0 Å². The number of fused-ring (bicyclic) bond motifs is 1. The van der Waals surface area contributed by atoms with Crippen LogP contribution in [0, 0.1) is 10.6 Å². The van der Waals surface area contributed by atoms with Crippen LogP contribution in [-0.4, -0.2) is 15.6 Å². The fraction of sp³-hybridized carbons (Fsp3) is 0.308. The van der Waals surface area contributed by atoms with Crippen LogP contribution in [0.1, 0.15) is 20.3 Å². The Bertz CT molecular complexity index is 633. The van der Waals surface area contributed by atoms with Gasteiger partial charge in [0.25, 0.3) is 0 Å². The maximum atomic E-state index is 11.8. The van der Waals surface area contributed by atoms with Crippen LogP contribution in [0.15, 0.2) is 30.5 Å². The Morgan fingerprint density at radius 1 is 1.44 bits per heavy atom. The van der Waals surface area contributed by atoms with Gasteiger partial charge in [-0.25, -0.2) is 9.66 Å². The number of rotatable bonds is 3. The van der Waals surface area contributed by atoms with Crippen molar-refractivity contribution in [2.45, 2.75) is 20.3 Å². The molecule has 0 unspecified atom stereocenters. The van der Waals surface area contributed by atoms with Crippen LogP contribution >= 0.6 is 12.2 Å². The molecular formula is C13H15N3OS. The first-order valence-corrected chi connectivity index (χ1v) is 6.25. The van der Waals surface area contributed by atoms with Crippen LogP contribution in [0.25, 0.3) is 11.0 Å². The van der Waals surface area contributed by atoms with E-state index < -0.39 is 0 Å². The van der Waals surface area contributed by atoms with E-state index in [2.05, 4.69) is 10.4 Å². The quantitative estimate of drug-likeness (QED) is 0.864. The van der Waals surface area contributed by atoms with Gasteiger partial charge < -0.3 is 0 Å². The number of carbonyl (C=O) groups excluding carboxylic acids is 1. The third-order valence-corrected chi connectivity index (χ3v) is 2.80. The van der Waals surface area contributed by atoms with E-state index in [1.165, 1.54) is 0 Å². The molecule has 0 aliphatic rings. The second-order valence-corrected chi connectivity index (χ2v) is 4.97. The van der Waals surface area contributed by atoms with E-state index >= 15 is 0 Å². The number of pyridine rings is 2. The number of nitrogens with one attached hydrogen (secondary N) is 1. The second-order valence-electron chi connectivity index (χ2n) is 4.56. The molecule has 0 aromatic carbocycles. The predicted octanol–water partition coefficient (Wildman–Crippen LogP) is 2.88. The van der Waals surface area contributed by atoms with E-state index in [9.17, 15) is 4.79 Å². The largest absolute Gasteiger partial charge is 0.273 e. The van der Waals surface area contributed by atoms with Crippen LogP contribution in [0.5, 0.6) is 0 Å². The van der Waals surface area contributed by atoms with E-state index in [1.54, 1.807) is 16.9 Å². The minimum absolute atomic E-state index is 0.0562. The molecule has 0 spiro atoms. The van der Waals surface area contributed by atoms with Gasteiger partial charge in [0.15, 0.2) is 5.65 Å². The molecule has 2 heterocycles. The summed E-state index contributed by atoms with van der Waals surface area (Å²) in [7, 11) is 0. The summed E-state index contributed by atoms with van der Waals surface area (Å²) in [4.78, 5) is 16.1. The van der Waals surface area contributed by atoms with Gasteiger partial charge in [0, 0.05) is 18.0 Å². The number of carbonyl (C=O) groups is 1. The minimum Gasteiger partial charge on any atom is -0.273 e. The van der Waals surface area contributed by atoms with E-state index in [4.69, 9.17) is 12.2 Å². The smallest absolute Gasteiger partial charge is 0.239 e. The fourth-order valence-electron chi connectivity index (χ4n) is 1.72. The van der Waals surface area contributed by atoms with E-state index in [0.29, 0.717) is 22.6 Å². The molecule has 1 N–H and O–H groups in total. The van der Waals surface area contributed by atoms with Crippen LogP contribution in [0.2, 0.25) is 0 Å². The lowest BCUT2D eigenvalue weighted by molar-refractivity contribution is -0.117. The maximum absolute atomic E-state index is 11.8. The zero-order valence-electron chi connectivity index (χ0n) is 10.4. The first kappa shape index (κ1) is 12.7. The molecule has 94 valence electrons. The van der Waals surface area contributed by atoms with E-state index in [0.717, 1.165) is 5.39 Å². The predicted molar refractivity (Wildman–Crippen MR) is 74.4 cm³/mol. The highest BCUT2D eigenvalue weighted by atomic mass is 32.1. The van der Waals surface area contributed by atoms with Gasteiger partial charge in [0.05, 0.1) is 0 Å². The molecule has 1 amide bonds. The topological polar surface area (TPSA) is 46.9 Å². The van der Waals surface area contributed by atoms with Gasteiger partial charge in [-0.3, -0.25) is 10.2 Å². The lowest BCUT2D eigenvalue weighted by Gasteiger charge is -2.12. The Morgan fingerprint density at radius 3 is 2.94 bits per heavy atom. The fourth-order valence-corrected chi connectivity index (χ4v) is 1.92. The van der Waals surface area contributed by atoms with Crippen molar-refractivity contribution in [1.29, 1.82) is 0 Å². The molecule has 2 aromatic heterocycles. The summed E-state index contributed by atoms with van der Waals surface area (Å²) in [5.41, 5.74) is 3.46. The average Bonchev–Trinajstić information content (AvgIpc) is 2.32. The highest BCUT2D eigenvalue weighted by Crippen LogP contribution is 2.11. The molecule has 4 nitrogen and oxygen atoms in total. The van der Waals surface area contributed by atoms with Crippen molar-refractivity contribution in [3.05, 3.63) is 35.1 Å². The second kappa shape index (κ2) is 5.27. The van der Waals surface area contributed by atoms with Crippen LogP contribution in [0.3, 0.4) is 0 Å². The van der Waals surface area contributed by atoms with Crippen LogP contribution < -0.4 is 5.43 Å². The molecule has 0 aliphatic heterocycles. The Hall–Kier alpha value is -1.75. The molecule has 0 bridgehead atoms. The highest BCUT2D eigenvalue weighted by Gasteiger charge is 2.07. The minimum atomic E-state index is -0.0562. The Balaban J connectivity index is 2.41. The third-order valence-electron chi connectivity index (χ3n) is 2.48. The summed E-state index contributed by atoms with van der Waals surface area (Å²) < 4.78 is 2.10. The summed E-state index contributed by atoms with van der Waals surface area (Å²) in [6.07, 6.45) is 2.15. The summed E-state index contributed by atoms with van der Waals surface area (Å²) >= 11 is 5.22. The van der Waals surface area contributed by atoms with Crippen molar-refractivity contribution in [3.8, 4) is 0 Å². The SMILES string of the molecule is CC(C)CC(=O)Nn1c(=S)ccc2cccnc21. The first-order valence-electron chi connectivity index (χ1n) is 5.84. The molecule has 0 saturated heterocycles. The lowest BCUT2D eigenvalue weighted by Crippen LogP contribution is -2.25. The standard InChI is InChI=1S/C13H15N3OS/c1-9(2)8-11(17)15-16-12(18)6-5-10-4-3-7-14-13(10)16/h3-7,9H,8H2,1-2H3,(H,15,17). The van der Waals surface area contributed by atoms with Gasteiger partial charge in [-0.2, -0.15) is 0 Å². The average molecular weight is 261 g/mol. The van der Waals surface area contributed by atoms with Crippen LogP contribution in [-0.2, 0) is 4.79 Å². The zero-order valence-corrected chi connectivity index (χ0v) is 11.2. The van der Waals surface area contributed by atoms with Gasteiger partial charge in [0.2, 0.25) is 5.91 Å². The van der Waals surface area contributed by atoms with Gasteiger partial charge in [-0.1, -0.05) is 26.1 Å². The van der Waals surface area contributed by atoms with Crippen molar-refractivity contribution >= 4 is 29.2 Å². The monoisotopic (exact) mass is 261 g/mol. The molecule has 0 saturated carbocycles. The van der Waals surface area contributed by atoms with E-state index in [1.807, 2.05) is 32.0 Å². The van der Waals surface area contributed by atoms with Gasteiger partial charge in [0.1, 0.15) is 4.64 Å². The Kier molecular flexibility index (Phi) is 3.72. The summed E-state index contributed by atoms with van der Waals surface area (Å²) in [5, 5.41) is 0.941. The van der Waals surface area contributed by atoms with Gasteiger partial charge >= 0.3 is 0 Å². The molecule has 0 aliphatic carbocycles. The molecule has 2 aromatic rings. The molecule has 0 radical (unpaired) electrons. The molecular weight excluding hydrogens is 246 g/mol. The van der Waals surface area contributed by atoms with Crippen molar-refractivity contribution in [2.75, 3.05) is 5.43 Å². The lowest BCUT2D eigenvalue weighted by atomic mass is 10.1. The molecule has 0 fully saturated rings. The van der Waals surface area contributed by atoms with Crippen molar-refractivity contribution in [2.24, 2.45) is 5.92 Å². The normalized spacial score (nSPS) is 10.8. The molecule has 18 heavy (non-hydrogen) atoms. The Labute approximate surface area is 111 Å². The summed E-state index contributed by atoms with van der Waals surface area (Å²) in [6, 6.07) is 7.47. The summed E-state index contributed by atoms with van der Waals surface area (Å²) in [5.74, 6) is 0.251. The highest BCUT2D eigenvalue weighted by molar-refractivity contribution is 7.71. The van der Waals surface area contributed by atoms with Gasteiger partial charge in [-0.05, 0) is 30.2 Å². The first-order chi connectivity index (χ1) is 8.58. The number of aromatic nitrogens is 2. The van der Waals surface area contributed by atoms with E-state index in [-0.39, 0.29) is 5.91 Å².